The third-order valence-corrected chi connectivity index (χ3v) is 4.57. The molecule has 2 aromatic rings. The van der Waals surface area contributed by atoms with E-state index in [1.54, 1.807) is 0 Å². The second-order valence-electron chi connectivity index (χ2n) is 4.59. The van der Waals surface area contributed by atoms with Crippen LogP contribution in [0.3, 0.4) is 0 Å². The molecule has 1 aromatic carbocycles. The van der Waals surface area contributed by atoms with Gasteiger partial charge in [0.05, 0.1) is 9.26 Å². The molecule has 1 heterocycles. The van der Waals surface area contributed by atoms with Gasteiger partial charge in [-0.15, -0.1) is 0 Å². The van der Waals surface area contributed by atoms with Gasteiger partial charge in [-0.3, -0.25) is 0 Å². The maximum Gasteiger partial charge on any atom is 0.146 e. The van der Waals surface area contributed by atoms with Crippen LogP contribution in [0.15, 0.2) is 24.3 Å². The highest BCUT2D eigenvalue weighted by molar-refractivity contribution is 14.1. The largest absolute Gasteiger partial charge is 0.236 e. The van der Waals surface area contributed by atoms with Crippen LogP contribution in [0.1, 0.15) is 36.8 Å². The average Bonchev–Trinajstić information content (AvgIpc) is 2.33. The fraction of sp³-hybridized carbons (Fsp3) is 0.286. The average molecular weight is 407 g/mol. The van der Waals surface area contributed by atoms with Crippen molar-refractivity contribution in [2.75, 3.05) is 0 Å². The molecule has 2 rings (SSSR count). The Morgan fingerprint density at radius 1 is 1.21 bits per heavy atom. The lowest BCUT2D eigenvalue weighted by atomic mass is 10.1. The monoisotopic (exact) mass is 406 g/mol. The van der Waals surface area contributed by atoms with Gasteiger partial charge < -0.3 is 0 Å². The Morgan fingerprint density at radius 3 is 2.58 bits per heavy atom. The predicted octanol–water partition coefficient (Wildman–Crippen LogP) is 5.10. The quantitative estimate of drug-likeness (QED) is 0.523. The van der Waals surface area contributed by atoms with Crippen molar-refractivity contribution >= 4 is 45.8 Å². The normalized spacial score (nSPS) is 11.1. The van der Waals surface area contributed by atoms with Crippen LogP contribution in [-0.2, 0) is 6.42 Å². The zero-order valence-corrected chi connectivity index (χ0v) is 14.3. The molecule has 2 nitrogen and oxygen atoms in total. The Kier molecular flexibility index (Phi) is 5.03. The number of hydrogen-bond acceptors (Lipinski definition) is 2. The molecule has 0 fully saturated rings. The SMILES string of the molecule is CC(C)c1nc(Cc2cccc(Cl)c2)nc(Cl)c1I. The molecule has 0 radical (unpaired) electrons. The Bertz CT molecular complexity index is 600. The summed E-state index contributed by atoms with van der Waals surface area (Å²) in [6, 6.07) is 7.71. The number of nitrogens with zero attached hydrogens (tertiary/aromatic N) is 2. The standard InChI is InChI=1S/C14H13Cl2IN2/c1-8(2)13-12(17)14(16)19-11(18-13)7-9-4-3-5-10(15)6-9/h3-6,8H,7H2,1-2H3. The van der Waals surface area contributed by atoms with Crippen molar-refractivity contribution in [3.8, 4) is 0 Å². The molecular formula is C14H13Cl2IN2. The fourth-order valence-corrected chi connectivity index (χ4v) is 3.04. The van der Waals surface area contributed by atoms with Crippen molar-refractivity contribution in [3.05, 3.63) is 55.1 Å². The van der Waals surface area contributed by atoms with Gasteiger partial charge >= 0.3 is 0 Å². The molecule has 0 atom stereocenters. The summed E-state index contributed by atoms with van der Waals surface area (Å²) in [5.41, 5.74) is 2.08. The van der Waals surface area contributed by atoms with Crippen LogP contribution >= 0.6 is 45.8 Å². The lowest BCUT2D eigenvalue weighted by molar-refractivity contribution is 0.783. The Labute approximate surface area is 136 Å². The number of hydrogen-bond donors (Lipinski definition) is 0. The van der Waals surface area contributed by atoms with E-state index < -0.39 is 0 Å². The van der Waals surface area contributed by atoms with Crippen LogP contribution in [0.2, 0.25) is 10.2 Å². The van der Waals surface area contributed by atoms with Gasteiger partial charge in [0.15, 0.2) is 0 Å². The second-order valence-corrected chi connectivity index (χ2v) is 6.46. The van der Waals surface area contributed by atoms with Crippen LogP contribution in [-0.4, -0.2) is 9.97 Å². The molecule has 5 heteroatoms. The van der Waals surface area contributed by atoms with Gasteiger partial charge in [0.1, 0.15) is 11.0 Å². The van der Waals surface area contributed by atoms with Gasteiger partial charge in [0.25, 0.3) is 0 Å². The minimum atomic E-state index is 0.325. The van der Waals surface area contributed by atoms with Gasteiger partial charge in [-0.05, 0) is 46.2 Å². The van der Waals surface area contributed by atoms with Gasteiger partial charge in [-0.2, -0.15) is 0 Å². The lowest BCUT2D eigenvalue weighted by Crippen LogP contribution is -2.05. The van der Waals surface area contributed by atoms with E-state index in [1.807, 2.05) is 24.3 Å². The molecule has 0 aliphatic rings. The lowest BCUT2D eigenvalue weighted by Gasteiger charge is -2.11. The third kappa shape index (κ3) is 3.80. The first-order chi connectivity index (χ1) is 8.97. The molecule has 0 aliphatic heterocycles. The number of aromatic nitrogens is 2. The highest BCUT2D eigenvalue weighted by Crippen LogP contribution is 2.25. The van der Waals surface area contributed by atoms with Crippen molar-refractivity contribution < 1.29 is 0 Å². The molecule has 0 aliphatic carbocycles. The van der Waals surface area contributed by atoms with Crippen molar-refractivity contribution in [1.82, 2.24) is 9.97 Å². The van der Waals surface area contributed by atoms with E-state index in [9.17, 15) is 0 Å². The molecular weight excluding hydrogens is 394 g/mol. The highest BCUT2D eigenvalue weighted by atomic mass is 127. The van der Waals surface area contributed by atoms with Crippen molar-refractivity contribution in [2.24, 2.45) is 0 Å². The van der Waals surface area contributed by atoms with Crippen molar-refractivity contribution in [1.29, 1.82) is 0 Å². The molecule has 100 valence electrons. The summed E-state index contributed by atoms with van der Waals surface area (Å²) in [6.45, 7) is 4.20. The van der Waals surface area contributed by atoms with E-state index >= 15 is 0 Å². The molecule has 19 heavy (non-hydrogen) atoms. The summed E-state index contributed by atoms with van der Waals surface area (Å²) in [4.78, 5) is 8.96. The summed E-state index contributed by atoms with van der Waals surface area (Å²) >= 11 is 14.4. The fourth-order valence-electron chi connectivity index (χ4n) is 1.77. The Morgan fingerprint density at radius 2 is 1.95 bits per heavy atom. The molecule has 0 amide bonds. The molecule has 1 aromatic heterocycles. The number of halogens is 3. The second kappa shape index (κ2) is 6.37. The van der Waals surface area contributed by atoms with Crippen LogP contribution in [0.25, 0.3) is 0 Å². The van der Waals surface area contributed by atoms with Crippen LogP contribution in [0.5, 0.6) is 0 Å². The predicted molar refractivity (Wildman–Crippen MR) is 88.1 cm³/mol. The van der Waals surface area contributed by atoms with E-state index in [-0.39, 0.29) is 0 Å². The van der Waals surface area contributed by atoms with E-state index in [4.69, 9.17) is 23.2 Å². The van der Waals surface area contributed by atoms with Crippen molar-refractivity contribution in [3.63, 3.8) is 0 Å². The molecule has 0 N–H and O–H groups in total. The Balaban J connectivity index is 2.36. The molecule has 0 unspecified atom stereocenters. The van der Waals surface area contributed by atoms with Gasteiger partial charge in [-0.1, -0.05) is 49.2 Å². The first-order valence-corrected chi connectivity index (χ1v) is 7.77. The first kappa shape index (κ1) is 15.0. The van der Waals surface area contributed by atoms with Gasteiger partial charge in [0.2, 0.25) is 0 Å². The van der Waals surface area contributed by atoms with Crippen LogP contribution in [0.4, 0.5) is 0 Å². The topological polar surface area (TPSA) is 25.8 Å². The summed E-state index contributed by atoms with van der Waals surface area (Å²) in [5.74, 6) is 1.06. The maximum atomic E-state index is 6.18. The zero-order chi connectivity index (χ0) is 14.0. The molecule has 0 saturated heterocycles. The first-order valence-electron chi connectivity index (χ1n) is 5.93. The van der Waals surface area contributed by atoms with Gasteiger partial charge in [-0.25, -0.2) is 9.97 Å². The van der Waals surface area contributed by atoms with E-state index in [0.717, 1.165) is 25.7 Å². The summed E-state index contributed by atoms with van der Waals surface area (Å²) in [7, 11) is 0. The summed E-state index contributed by atoms with van der Waals surface area (Å²) in [6.07, 6.45) is 0.636. The van der Waals surface area contributed by atoms with E-state index in [1.165, 1.54) is 0 Å². The van der Waals surface area contributed by atoms with Crippen molar-refractivity contribution in [2.45, 2.75) is 26.2 Å². The molecule has 0 saturated carbocycles. The van der Waals surface area contributed by atoms with Gasteiger partial charge in [0, 0.05) is 11.4 Å². The number of rotatable bonds is 3. The highest BCUT2D eigenvalue weighted by Gasteiger charge is 2.13. The minimum Gasteiger partial charge on any atom is -0.236 e. The molecule has 0 spiro atoms. The molecule has 0 bridgehead atoms. The van der Waals surface area contributed by atoms with E-state index in [2.05, 4.69) is 46.4 Å². The summed E-state index contributed by atoms with van der Waals surface area (Å²) < 4.78 is 0.934. The third-order valence-electron chi connectivity index (χ3n) is 2.68. The minimum absolute atomic E-state index is 0.325. The van der Waals surface area contributed by atoms with Crippen LogP contribution < -0.4 is 0 Å². The number of benzene rings is 1. The Hall–Kier alpha value is -0.390. The van der Waals surface area contributed by atoms with Crippen LogP contribution in [0, 0.1) is 3.57 Å². The summed E-state index contributed by atoms with van der Waals surface area (Å²) in [5, 5.41) is 1.24. The zero-order valence-electron chi connectivity index (χ0n) is 10.6. The van der Waals surface area contributed by atoms with E-state index in [0.29, 0.717) is 17.5 Å². The maximum absolute atomic E-state index is 6.18. The smallest absolute Gasteiger partial charge is 0.146 e.